The van der Waals surface area contributed by atoms with Crippen LogP contribution in [0.5, 0.6) is 5.75 Å². The van der Waals surface area contributed by atoms with Crippen molar-refractivity contribution in [2.24, 2.45) is 0 Å². The van der Waals surface area contributed by atoms with Gasteiger partial charge in [-0.05, 0) is 38.9 Å². The molecule has 1 aliphatic rings. The third-order valence-electron chi connectivity index (χ3n) is 3.33. The minimum atomic E-state index is 0.0659. The summed E-state index contributed by atoms with van der Waals surface area (Å²) in [5, 5.41) is 3.37. The first-order valence-electron chi connectivity index (χ1n) is 6.86. The summed E-state index contributed by atoms with van der Waals surface area (Å²) in [6.45, 7) is 6.80. The first-order chi connectivity index (χ1) is 9.15. The molecule has 0 spiro atoms. The maximum absolute atomic E-state index is 12.1. The Hall–Kier alpha value is -1.55. The van der Waals surface area contributed by atoms with Crippen LogP contribution < -0.4 is 10.1 Å². The number of carbonyl (C=O) groups is 1. The molecule has 1 aromatic rings. The highest BCUT2D eigenvalue weighted by molar-refractivity contribution is 5.77. The van der Waals surface area contributed by atoms with Crippen molar-refractivity contribution in [3.8, 4) is 5.75 Å². The molecule has 4 heteroatoms. The number of hydrogen-bond acceptors (Lipinski definition) is 3. The smallest absolute Gasteiger partial charge is 0.260 e. The Morgan fingerprint density at radius 2 is 2.16 bits per heavy atom. The fraction of sp³-hybridized carbons (Fsp3) is 0.533. The van der Waals surface area contributed by atoms with Crippen LogP contribution in [-0.2, 0) is 4.79 Å². The SMILES string of the molecule is Cc1ccc(OCC(=O)N2CCCNC(C)C2)cc1. The Labute approximate surface area is 114 Å². The van der Waals surface area contributed by atoms with Gasteiger partial charge in [0.1, 0.15) is 5.75 Å². The predicted octanol–water partition coefficient (Wildman–Crippen LogP) is 1.58. The lowest BCUT2D eigenvalue weighted by atomic mass is 10.2. The van der Waals surface area contributed by atoms with Crippen LogP contribution in [0.25, 0.3) is 0 Å². The lowest BCUT2D eigenvalue weighted by molar-refractivity contribution is -0.133. The summed E-state index contributed by atoms with van der Waals surface area (Å²) in [4.78, 5) is 14.0. The highest BCUT2D eigenvalue weighted by atomic mass is 16.5. The summed E-state index contributed by atoms with van der Waals surface area (Å²) in [7, 11) is 0. The molecule has 0 saturated carbocycles. The quantitative estimate of drug-likeness (QED) is 0.899. The topological polar surface area (TPSA) is 41.6 Å². The van der Waals surface area contributed by atoms with Gasteiger partial charge in [-0.25, -0.2) is 0 Å². The second-order valence-corrected chi connectivity index (χ2v) is 5.15. The molecule has 4 nitrogen and oxygen atoms in total. The van der Waals surface area contributed by atoms with Crippen LogP contribution in [0.2, 0.25) is 0 Å². The molecule has 1 fully saturated rings. The van der Waals surface area contributed by atoms with Crippen LogP contribution in [-0.4, -0.2) is 43.1 Å². The summed E-state index contributed by atoms with van der Waals surface area (Å²) < 4.78 is 5.54. The lowest BCUT2D eigenvalue weighted by Gasteiger charge is -2.22. The van der Waals surface area contributed by atoms with Crippen molar-refractivity contribution in [2.45, 2.75) is 26.3 Å². The predicted molar refractivity (Wildman–Crippen MR) is 75.3 cm³/mol. The van der Waals surface area contributed by atoms with Crippen LogP contribution >= 0.6 is 0 Å². The number of aryl methyl sites for hydroxylation is 1. The molecule has 1 saturated heterocycles. The molecule has 1 N–H and O–H groups in total. The summed E-state index contributed by atoms with van der Waals surface area (Å²) in [6, 6.07) is 8.12. The molecule has 1 amide bonds. The van der Waals surface area contributed by atoms with E-state index in [4.69, 9.17) is 4.74 Å². The van der Waals surface area contributed by atoms with Crippen molar-refractivity contribution < 1.29 is 9.53 Å². The maximum atomic E-state index is 12.1. The van der Waals surface area contributed by atoms with Crippen LogP contribution in [0.15, 0.2) is 24.3 Å². The lowest BCUT2D eigenvalue weighted by Crippen LogP contribution is -2.41. The van der Waals surface area contributed by atoms with E-state index in [2.05, 4.69) is 12.2 Å². The standard InChI is InChI=1S/C15H22N2O2/c1-12-4-6-14(7-5-12)19-11-15(18)17-9-3-8-16-13(2)10-17/h4-7,13,16H,3,8-11H2,1-2H3. The van der Waals surface area contributed by atoms with Gasteiger partial charge in [-0.15, -0.1) is 0 Å². The number of nitrogens with zero attached hydrogens (tertiary/aromatic N) is 1. The second-order valence-electron chi connectivity index (χ2n) is 5.15. The van der Waals surface area contributed by atoms with Gasteiger partial charge >= 0.3 is 0 Å². The zero-order valence-electron chi connectivity index (χ0n) is 11.7. The first-order valence-corrected chi connectivity index (χ1v) is 6.86. The third kappa shape index (κ3) is 4.24. The number of nitrogens with one attached hydrogen (secondary N) is 1. The van der Waals surface area contributed by atoms with E-state index in [9.17, 15) is 4.79 Å². The minimum absolute atomic E-state index is 0.0659. The fourth-order valence-electron chi connectivity index (χ4n) is 2.20. The number of carbonyl (C=O) groups excluding carboxylic acids is 1. The van der Waals surface area contributed by atoms with Gasteiger partial charge in [0.15, 0.2) is 6.61 Å². The Morgan fingerprint density at radius 1 is 1.42 bits per heavy atom. The van der Waals surface area contributed by atoms with Gasteiger partial charge in [0.2, 0.25) is 0 Å². The molecule has 1 aromatic carbocycles. The molecule has 2 rings (SSSR count). The highest BCUT2D eigenvalue weighted by Crippen LogP contribution is 2.11. The van der Waals surface area contributed by atoms with E-state index < -0.39 is 0 Å². The van der Waals surface area contributed by atoms with Gasteiger partial charge in [0.25, 0.3) is 5.91 Å². The van der Waals surface area contributed by atoms with Crippen LogP contribution in [0.4, 0.5) is 0 Å². The Morgan fingerprint density at radius 3 is 2.89 bits per heavy atom. The van der Waals surface area contributed by atoms with Crippen LogP contribution in [0.3, 0.4) is 0 Å². The third-order valence-corrected chi connectivity index (χ3v) is 3.33. The molecule has 0 aliphatic carbocycles. The largest absolute Gasteiger partial charge is 0.484 e. The molecule has 0 bridgehead atoms. The highest BCUT2D eigenvalue weighted by Gasteiger charge is 2.19. The minimum Gasteiger partial charge on any atom is -0.484 e. The Bertz CT molecular complexity index is 417. The van der Waals surface area contributed by atoms with Crippen molar-refractivity contribution >= 4 is 5.91 Å². The number of rotatable bonds is 3. The first kappa shape index (κ1) is 13.9. The van der Waals surface area contributed by atoms with Crippen LogP contribution in [0, 0.1) is 6.92 Å². The Balaban J connectivity index is 1.84. The second kappa shape index (κ2) is 6.57. The number of hydrogen-bond donors (Lipinski definition) is 1. The molecular formula is C15H22N2O2. The van der Waals surface area contributed by atoms with E-state index in [1.54, 1.807) is 0 Å². The maximum Gasteiger partial charge on any atom is 0.260 e. The van der Waals surface area contributed by atoms with E-state index in [-0.39, 0.29) is 12.5 Å². The van der Waals surface area contributed by atoms with Crippen molar-refractivity contribution in [1.82, 2.24) is 10.2 Å². The average molecular weight is 262 g/mol. The van der Waals surface area contributed by atoms with Crippen molar-refractivity contribution in [2.75, 3.05) is 26.2 Å². The Kier molecular flexibility index (Phi) is 4.80. The summed E-state index contributed by atoms with van der Waals surface area (Å²) in [5.41, 5.74) is 1.19. The molecule has 0 aromatic heterocycles. The summed E-state index contributed by atoms with van der Waals surface area (Å²) in [5.74, 6) is 0.816. The van der Waals surface area contributed by atoms with Gasteiger partial charge in [0, 0.05) is 19.1 Å². The monoisotopic (exact) mass is 262 g/mol. The molecule has 0 radical (unpaired) electrons. The van der Waals surface area contributed by atoms with Gasteiger partial charge in [-0.3, -0.25) is 4.79 Å². The molecule has 1 heterocycles. The van der Waals surface area contributed by atoms with Gasteiger partial charge in [0.05, 0.1) is 0 Å². The zero-order valence-corrected chi connectivity index (χ0v) is 11.7. The molecular weight excluding hydrogens is 240 g/mol. The fourth-order valence-corrected chi connectivity index (χ4v) is 2.20. The van der Waals surface area contributed by atoms with E-state index in [1.807, 2.05) is 36.1 Å². The van der Waals surface area contributed by atoms with Gasteiger partial charge < -0.3 is 15.0 Å². The normalized spacial score (nSPS) is 19.9. The van der Waals surface area contributed by atoms with E-state index in [0.717, 1.165) is 31.8 Å². The summed E-state index contributed by atoms with van der Waals surface area (Å²) >= 11 is 0. The van der Waals surface area contributed by atoms with Gasteiger partial charge in [-0.2, -0.15) is 0 Å². The molecule has 104 valence electrons. The van der Waals surface area contributed by atoms with Crippen molar-refractivity contribution in [3.63, 3.8) is 0 Å². The molecule has 1 unspecified atom stereocenters. The van der Waals surface area contributed by atoms with E-state index in [0.29, 0.717) is 6.04 Å². The molecule has 1 atom stereocenters. The van der Waals surface area contributed by atoms with Crippen LogP contribution in [0.1, 0.15) is 18.9 Å². The van der Waals surface area contributed by atoms with Crippen molar-refractivity contribution in [1.29, 1.82) is 0 Å². The number of benzene rings is 1. The zero-order chi connectivity index (χ0) is 13.7. The molecule has 1 aliphatic heterocycles. The van der Waals surface area contributed by atoms with E-state index in [1.165, 1.54) is 5.56 Å². The van der Waals surface area contributed by atoms with Gasteiger partial charge in [-0.1, -0.05) is 17.7 Å². The van der Waals surface area contributed by atoms with Crippen molar-refractivity contribution in [3.05, 3.63) is 29.8 Å². The number of amides is 1. The number of ether oxygens (including phenoxy) is 1. The molecule has 19 heavy (non-hydrogen) atoms. The van der Waals surface area contributed by atoms with E-state index >= 15 is 0 Å². The summed E-state index contributed by atoms with van der Waals surface area (Å²) in [6.07, 6.45) is 1.00. The average Bonchev–Trinajstić information content (AvgIpc) is 2.62.